The molecule has 0 spiro atoms. The van der Waals surface area contributed by atoms with Crippen LogP contribution >= 0.6 is 11.3 Å². The van der Waals surface area contributed by atoms with E-state index in [1.165, 1.54) is 17.6 Å². The number of nitrogens with one attached hydrogen (secondary N) is 2. The van der Waals surface area contributed by atoms with Crippen molar-refractivity contribution in [3.8, 4) is 0 Å². The number of furan rings is 1. The Morgan fingerprint density at radius 3 is 2.57 bits per heavy atom. The van der Waals surface area contributed by atoms with E-state index in [2.05, 4.69) is 10.6 Å². The second kappa shape index (κ2) is 7.43. The highest BCUT2D eigenvalue weighted by Gasteiger charge is 2.23. The number of hydrogen-bond acceptors (Lipinski definition) is 5. The third kappa shape index (κ3) is 4.43. The van der Waals surface area contributed by atoms with Crippen LogP contribution in [-0.2, 0) is 0 Å². The van der Waals surface area contributed by atoms with Gasteiger partial charge >= 0.3 is 0 Å². The maximum absolute atomic E-state index is 12.1. The van der Waals surface area contributed by atoms with Crippen molar-refractivity contribution in [2.24, 2.45) is 0 Å². The molecule has 0 fully saturated rings. The first kappa shape index (κ1) is 17.2. The van der Waals surface area contributed by atoms with Crippen LogP contribution in [0.2, 0.25) is 0 Å². The highest BCUT2D eigenvalue weighted by Crippen LogP contribution is 2.23. The van der Waals surface area contributed by atoms with Crippen molar-refractivity contribution in [1.29, 1.82) is 0 Å². The van der Waals surface area contributed by atoms with E-state index < -0.39 is 5.60 Å². The molecule has 0 atom stereocenters. The van der Waals surface area contributed by atoms with Gasteiger partial charge in [-0.2, -0.15) is 0 Å². The Morgan fingerprint density at radius 1 is 1.22 bits per heavy atom. The number of carbonyl (C=O) groups is 2. The standard InChI is InChI=1S/C16H20N2O4S/c1-3-16(21,4-2)10-17-15(20)12-7-8-13(23-12)18-14(19)11-6-5-9-22-11/h5-9,21H,3-4,10H2,1-2H3,(H,17,20)(H,18,19). The summed E-state index contributed by atoms with van der Waals surface area (Å²) in [5.41, 5.74) is -0.886. The van der Waals surface area contributed by atoms with E-state index in [1.54, 1.807) is 24.3 Å². The molecule has 2 aromatic rings. The van der Waals surface area contributed by atoms with Gasteiger partial charge in [0.05, 0.1) is 21.7 Å². The third-order valence-corrected chi connectivity index (χ3v) is 4.71. The second-order valence-corrected chi connectivity index (χ2v) is 6.29. The highest BCUT2D eigenvalue weighted by atomic mass is 32.1. The van der Waals surface area contributed by atoms with Crippen LogP contribution in [0.5, 0.6) is 0 Å². The average molecular weight is 336 g/mol. The monoisotopic (exact) mass is 336 g/mol. The van der Waals surface area contributed by atoms with Crippen molar-refractivity contribution in [3.63, 3.8) is 0 Å². The number of hydrogen-bond donors (Lipinski definition) is 3. The molecule has 2 rings (SSSR count). The van der Waals surface area contributed by atoms with Crippen LogP contribution in [0.4, 0.5) is 5.00 Å². The van der Waals surface area contributed by atoms with E-state index in [9.17, 15) is 14.7 Å². The van der Waals surface area contributed by atoms with Gasteiger partial charge in [-0.1, -0.05) is 13.8 Å². The number of aliphatic hydroxyl groups is 1. The zero-order valence-corrected chi connectivity index (χ0v) is 13.9. The molecule has 0 aliphatic carbocycles. The molecule has 2 heterocycles. The van der Waals surface area contributed by atoms with E-state index in [-0.39, 0.29) is 24.1 Å². The van der Waals surface area contributed by atoms with Crippen LogP contribution in [-0.4, -0.2) is 29.1 Å². The molecule has 0 radical (unpaired) electrons. The predicted molar refractivity (Wildman–Crippen MR) is 88.8 cm³/mol. The van der Waals surface area contributed by atoms with Gasteiger partial charge in [0.15, 0.2) is 5.76 Å². The average Bonchev–Trinajstić information content (AvgIpc) is 3.23. The molecule has 0 saturated heterocycles. The quantitative estimate of drug-likeness (QED) is 0.725. The predicted octanol–water partition coefficient (Wildman–Crippen LogP) is 2.87. The van der Waals surface area contributed by atoms with Crippen molar-refractivity contribution < 1.29 is 19.1 Å². The fourth-order valence-electron chi connectivity index (χ4n) is 1.94. The molecule has 23 heavy (non-hydrogen) atoms. The number of anilines is 1. The summed E-state index contributed by atoms with van der Waals surface area (Å²) in [5, 5.41) is 16.1. The summed E-state index contributed by atoms with van der Waals surface area (Å²) in [5.74, 6) is -0.427. The van der Waals surface area contributed by atoms with E-state index in [0.717, 1.165) is 0 Å². The molecule has 2 amide bonds. The summed E-state index contributed by atoms with van der Waals surface area (Å²) in [6.45, 7) is 3.96. The number of carbonyl (C=O) groups excluding carboxylic acids is 2. The van der Waals surface area contributed by atoms with Gasteiger partial charge in [0, 0.05) is 6.54 Å². The van der Waals surface area contributed by atoms with Crippen LogP contribution in [0.1, 0.15) is 46.9 Å². The zero-order valence-electron chi connectivity index (χ0n) is 13.1. The summed E-state index contributed by atoms with van der Waals surface area (Å²) < 4.78 is 5.01. The molecule has 2 aromatic heterocycles. The van der Waals surface area contributed by atoms with Crippen LogP contribution < -0.4 is 10.6 Å². The molecule has 0 aromatic carbocycles. The summed E-state index contributed by atoms with van der Waals surface area (Å²) in [6.07, 6.45) is 2.56. The van der Waals surface area contributed by atoms with Crippen molar-refractivity contribution in [2.75, 3.05) is 11.9 Å². The highest BCUT2D eigenvalue weighted by molar-refractivity contribution is 7.18. The van der Waals surface area contributed by atoms with Crippen LogP contribution in [0.3, 0.4) is 0 Å². The Hall–Kier alpha value is -2.12. The molecule has 124 valence electrons. The van der Waals surface area contributed by atoms with E-state index >= 15 is 0 Å². The lowest BCUT2D eigenvalue weighted by atomic mass is 9.98. The van der Waals surface area contributed by atoms with Gasteiger partial charge in [-0.05, 0) is 37.1 Å². The molecule has 0 unspecified atom stereocenters. The van der Waals surface area contributed by atoms with Gasteiger partial charge in [0.25, 0.3) is 11.8 Å². The SMILES string of the molecule is CCC(O)(CC)CNC(=O)c1ccc(NC(=O)c2ccco2)s1. The minimum absolute atomic E-state index is 0.199. The normalized spacial score (nSPS) is 11.3. The third-order valence-electron chi connectivity index (χ3n) is 3.71. The Balaban J connectivity index is 1.93. The lowest BCUT2D eigenvalue weighted by Crippen LogP contribution is -2.41. The first-order valence-corrected chi connectivity index (χ1v) is 8.24. The smallest absolute Gasteiger partial charge is 0.291 e. The van der Waals surface area contributed by atoms with E-state index in [4.69, 9.17) is 4.42 Å². The van der Waals surface area contributed by atoms with E-state index in [1.807, 2.05) is 13.8 Å². The number of rotatable bonds is 7. The van der Waals surface area contributed by atoms with Crippen LogP contribution in [0, 0.1) is 0 Å². The van der Waals surface area contributed by atoms with Crippen molar-refractivity contribution in [1.82, 2.24) is 5.32 Å². The Labute approximate surface area is 138 Å². The molecule has 0 saturated carbocycles. The minimum Gasteiger partial charge on any atom is -0.459 e. The number of amides is 2. The molecular formula is C16H20N2O4S. The maximum atomic E-state index is 12.1. The second-order valence-electron chi connectivity index (χ2n) is 5.21. The topological polar surface area (TPSA) is 91.6 Å². The van der Waals surface area contributed by atoms with Gasteiger partial charge in [-0.15, -0.1) is 11.3 Å². The van der Waals surface area contributed by atoms with Gasteiger partial charge in [-0.3, -0.25) is 9.59 Å². The van der Waals surface area contributed by atoms with Gasteiger partial charge < -0.3 is 20.2 Å². The molecule has 6 nitrogen and oxygen atoms in total. The minimum atomic E-state index is -0.886. The Morgan fingerprint density at radius 2 is 1.96 bits per heavy atom. The summed E-state index contributed by atoms with van der Waals surface area (Å²) in [6, 6.07) is 6.48. The largest absolute Gasteiger partial charge is 0.459 e. The first-order chi connectivity index (χ1) is 11.0. The van der Waals surface area contributed by atoms with Crippen molar-refractivity contribution in [2.45, 2.75) is 32.3 Å². The molecule has 0 aliphatic rings. The van der Waals surface area contributed by atoms with Crippen LogP contribution in [0.25, 0.3) is 0 Å². The molecular weight excluding hydrogens is 316 g/mol. The maximum Gasteiger partial charge on any atom is 0.291 e. The zero-order chi connectivity index (χ0) is 16.9. The van der Waals surface area contributed by atoms with Crippen molar-refractivity contribution >= 4 is 28.2 Å². The molecule has 3 N–H and O–H groups in total. The van der Waals surface area contributed by atoms with Gasteiger partial charge in [-0.25, -0.2) is 0 Å². The lowest BCUT2D eigenvalue weighted by molar-refractivity contribution is 0.0314. The summed E-state index contributed by atoms with van der Waals surface area (Å²) in [7, 11) is 0. The molecule has 0 aliphatic heterocycles. The first-order valence-electron chi connectivity index (χ1n) is 7.42. The Kier molecular flexibility index (Phi) is 5.57. The Bertz CT molecular complexity index is 659. The number of thiophene rings is 1. The summed E-state index contributed by atoms with van der Waals surface area (Å²) >= 11 is 1.17. The summed E-state index contributed by atoms with van der Waals surface area (Å²) in [4.78, 5) is 24.4. The van der Waals surface area contributed by atoms with Gasteiger partial charge in [0.1, 0.15) is 0 Å². The fourth-order valence-corrected chi connectivity index (χ4v) is 2.76. The van der Waals surface area contributed by atoms with Crippen LogP contribution in [0.15, 0.2) is 34.9 Å². The van der Waals surface area contributed by atoms with Crippen molar-refractivity contribution in [3.05, 3.63) is 41.2 Å². The molecule has 0 bridgehead atoms. The van der Waals surface area contributed by atoms with Gasteiger partial charge in [0.2, 0.25) is 0 Å². The lowest BCUT2D eigenvalue weighted by Gasteiger charge is -2.25. The van der Waals surface area contributed by atoms with E-state index in [0.29, 0.717) is 22.7 Å². The fraction of sp³-hybridized carbons (Fsp3) is 0.375. The molecule has 7 heteroatoms.